The number of hydrogen-bond acceptors (Lipinski definition) is 4. The Morgan fingerprint density at radius 2 is 2.12 bits per heavy atom. The van der Waals surface area contributed by atoms with Crippen LogP contribution in [-0.2, 0) is 12.7 Å². The number of aromatic nitrogens is 2. The molecule has 2 rings (SSSR count). The van der Waals surface area contributed by atoms with Crippen LogP contribution in [0.4, 0.5) is 18.3 Å². The van der Waals surface area contributed by atoms with Gasteiger partial charge in [0.15, 0.2) is 0 Å². The molecule has 0 aliphatic rings. The molecule has 0 aliphatic carbocycles. The molecule has 7 heteroatoms. The van der Waals surface area contributed by atoms with Crippen LogP contribution in [0, 0.1) is 0 Å². The first-order chi connectivity index (χ1) is 8.05. The van der Waals surface area contributed by atoms with Crippen molar-refractivity contribution in [2.45, 2.75) is 12.7 Å². The number of benzene rings is 1. The van der Waals surface area contributed by atoms with Crippen molar-refractivity contribution >= 4 is 16.7 Å². The summed E-state index contributed by atoms with van der Waals surface area (Å²) in [7, 11) is 0. The van der Waals surface area contributed by atoms with E-state index in [0.717, 1.165) is 23.7 Å². The highest BCUT2D eigenvalue weighted by Crippen LogP contribution is 2.29. The minimum absolute atomic E-state index is 0.291. The number of nitrogens with one attached hydrogen (secondary N) is 1. The molecule has 2 aromatic rings. The first kappa shape index (κ1) is 11.8. The molecule has 0 fully saturated rings. The predicted molar refractivity (Wildman–Crippen MR) is 58.7 cm³/mol. The lowest BCUT2D eigenvalue weighted by Crippen LogP contribution is -2.06. The zero-order valence-corrected chi connectivity index (χ0v) is 9.35. The fraction of sp³-hybridized carbons (Fsp3) is 0.200. The monoisotopic (exact) mass is 259 g/mol. The number of halogens is 3. The molecule has 0 bridgehead atoms. The van der Waals surface area contributed by atoms with Crippen LogP contribution >= 0.6 is 11.5 Å². The summed E-state index contributed by atoms with van der Waals surface area (Å²) in [4.78, 5) is 3.88. The second kappa shape index (κ2) is 4.70. The molecule has 0 saturated heterocycles. The van der Waals surface area contributed by atoms with E-state index in [1.54, 1.807) is 6.07 Å². The summed E-state index contributed by atoms with van der Waals surface area (Å²) < 4.78 is 41.1. The molecular formula is C10H8F3N3S. The highest BCUT2D eigenvalue weighted by molar-refractivity contribution is 7.09. The van der Waals surface area contributed by atoms with E-state index in [4.69, 9.17) is 0 Å². The van der Waals surface area contributed by atoms with Gasteiger partial charge in [0.05, 0.1) is 5.56 Å². The van der Waals surface area contributed by atoms with Crippen molar-refractivity contribution in [1.29, 1.82) is 0 Å². The number of hydrogen-bond donors (Lipinski definition) is 1. The molecule has 1 heterocycles. The molecule has 3 nitrogen and oxygen atoms in total. The molecule has 0 aliphatic heterocycles. The second-order valence-corrected chi connectivity index (χ2v) is 4.08. The summed E-state index contributed by atoms with van der Waals surface area (Å²) in [6.45, 7) is 0.291. The first-order valence-corrected chi connectivity index (χ1v) is 5.50. The van der Waals surface area contributed by atoms with Gasteiger partial charge in [0, 0.05) is 18.1 Å². The minimum Gasteiger partial charge on any atom is -0.356 e. The molecular weight excluding hydrogens is 251 g/mol. The van der Waals surface area contributed by atoms with Crippen molar-refractivity contribution in [2.24, 2.45) is 0 Å². The van der Waals surface area contributed by atoms with Crippen LogP contribution in [0.25, 0.3) is 0 Å². The highest BCUT2D eigenvalue weighted by atomic mass is 32.1. The quantitative estimate of drug-likeness (QED) is 0.920. The van der Waals surface area contributed by atoms with E-state index in [0.29, 0.717) is 17.2 Å². The summed E-state index contributed by atoms with van der Waals surface area (Å²) in [6.07, 6.45) is -2.92. The van der Waals surface area contributed by atoms with Gasteiger partial charge in [-0.15, -0.1) is 0 Å². The van der Waals surface area contributed by atoms with Crippen molar-refractivity contribution in [3.8, 4) is 0 Å². The summed E-state index contributed by atoms with van der Waals surface area (Å²) in [6, 6.07) is 5.19. The Bertz CT molecular complexity index is 482. The Labute approximate surface area is 99.5 Å². The number of rotatable bonds is 3. The van der Waals surface area contributed by atoms with Crippen LogP contribution in [0.5, 0.6) is 0 Å². The maximum atomic E-state index is 12.4. The van der Waals surface area contributed by atoms with E-state index in [-0.39, 0.29) is 0 Å². The topological polar surface area (TPSA) is 37.8 Å². The lowest BCUT2D eigenvalue weighted by atomic mass is 10.1. The molecule has 0 amide bonds. The maximum absolute atomic E-state index is 12.4. The van der Waals surface area contributed by atoms with Gasteiger partial charge in [0.2, 0.25) is 5.13 Å². The van der Waals surface area contributed by atoms with Gasteiger partial charge in [-0.3, -0.25) is 0 Å². The molecule has 0 unspecified atom stereocenters. The third-order valence-corrected chi connectivity index (χ3v) is 2.68. The molecule has 0 atom stereocenters. The average molecular weight is 259 g/mol. The van der Waals surface area contributed by atoms with E-state index in [1.165, 1.54) is 12.4 Å². The normalized spacial score (nSPS) is 11.5. The first-order valence-electron chi connectivity index (χ1n) is 4.72. The summed E-state index contributed by atoms with van der Waals surface area (Å²) in [5.41, 5.74) is -0.0934. The Morgan fingerprint density at radius 1 is 1.29 bits per heavy atom. The van der Waals surface area contributed by atoms with Crippen LogP contribution in [0.15, 0.2) is 30.6 Å². The summed E-state index contributed by atoms with van der Waals surface area (Å²) in [5.74, 6) is 0. The van der Waals surface area contributed by atoms with Gasteiger partial charge in [-0.1, -0.05) is 12.1 Å². The highest BCUT2D eigenvalue weighted by Gasteiger charge is 2.30. The van der Waals surface area contributed by atoms with Gasteiger partial charge in [0.25, 0.3) is 0 Å². The van der Waals surface area contributed by atoms with E-state index in [1.807, 2.05) is 0 Å². The largest absolute Gasteiger partial charge is 0.416 e. The molecule has 17 heavy (non-hydrogen) atoms. The predicted octanol–water partition coefficient (Wildman–Crippen LogP) is 3.17. The SMILES string of the molecule is FC(F)(F)c1cccc(CNc2ncns2)c1. The van der Waals surface area contributed by atoms with Crippen LogP contribution in [0.2, 0.25) is 0 Å². The number of nitrogens with zero attached hydrogens (tertiary/aromatic N) is 2. The van der Waals surface area contributed by atoms with Gasteiger partial charge < -0.3 is 5.32 Å². The van der Waals surface area contributed by atoms with E-state index < -0.39 is 11.7 Å². The third-order valence-electron chi connectivity index (χ3n) is 2.06. The Hall–Kier alpha value is -1.63. The Kier molecular flexibility index (Phi) is 3.28. The van der Waals surface area contributed by atoms with Gasteiger partial charge in [-0.25, -0.2) is 4.98 Å². The number of alkyl halides is 3. The van der Waals surface area contributed by atoms with Gasteiger partial charge in [0.1, 0.15) is 6.33 Å². The van der Waals surface area contributed by atoms with Gasteiger partial charge >= 0.3 is 6.18 Å². The summed E-state index contributed by atoms with van der Waals surface area (Å²) >= 11 is 1.16. The smallest absolute Gasteiger partial charge is 0.356 e. The zero-order valence-electron chi connectivity index (χ0n) is 8.53. The molecule has 0 spiro atoms. The molecule has 1 aromatic carbocycles. The molecule has 1 aromatic heterocycles. The van der Waals surface area contributed by atoms with Crippen LogP contribution < -0.4 is 5.32 Å². The molecule has 0 saturated carbocycles. The van der Waals surface area contributed by atoms with E-state index in [9.17, 15) is 13.2 Å². The summed E-state index contributed by atoms with van der Waals surface area (Å²) in [5, 5.41) is 3.48. The zero-order chi connectivity index (χ0) is 12.3. The lowest BCUT2D eigenvalue weighted by molar-refractivity contribution is -0.137. The van der Waals surface area contributed by atoms with Crippen molar-refractivity contribution in [1.82, 2.24) is 9.36 Å². The van der Waals surface area contributed by atoms with Crippen molar-refractivity contribution in [2.75, 3.05) is 5.32 Å². The third kappa shape index (κ3) is 3.16. The van der Waals surface area contributed by atoms with Crippen LogP contribution in [-0.4, -0.2) is 9.36 Å². The lowest BCUT2D eigenvalue weighted by Gasteiger charge is -2.08. The van der Waals surface area contributed by atoms with Gasteiger partial charge in [-0.2, -0.15) is 17.5 Å². The van der Waals surface area contributed by atoms with Crippen molar-refractivity contribution in [3.05, 3.63) is 41.7 Å². The minimum atomic E-state index is -4.31. The van der Waals surface area contributed by atoms with Crippen molar-refractivity contribution in [3.63, 3.8) is 0 Å². The molecule has 0 radical (unpaired) electrons. The fourth-order valence-corrected chi connectivity index (χ4v) is 1.71. The van der Waals surface area contributed by atoms with Crippen molar-refractivity contribution < 1.29 is 13.2 Å². The fourth-order valence-electron chi connectivity index (χ4n) is 1.29. The average Bonchev–Trinajstić information content (AvgIpc) is 2.78. The van der Waals surface area contributed by atoms with Crippen LogP contribution in [0.3, 0.4) is 0 Å². The van der Waals surface area contributed by atoms with E-state index >= 15 is 0 Å². The Morgan fingerprint density at radius 3 is 2.76 bits per heavy atom. The van der Waals surface area contributed by atoms with E-state index in [2.05, 4.69) is 14.7 Å². The van der Waals surface area contributed by atoms with Crippen LogP contribution in [0.1, 0.15) is 11.1 Å². The van der Waals surface area contributed by atoms with Gasteiger partial charge in [-0.05, 0) is 17.7 Å². The Balaban J connectivity index is 2.07. The maximum Gasteiger partial charge on any atom is 0.416 e. The molecule has 90 valence electrons. The standard InChI is InChI=1S/C10H8F3N3S/c11-10(12,13)8-3-1-2-7(4-8)5-14-9-15-6-16-17-9/h1-4,6H,5H2,(H,14,15,16). The second-order valence-electron chi connectivity index (χ2n) is 3.30. The number of anilines is 1. The molecule has 1 N–H and O–H groups in total.